The summed E-state index contributed by atoms with van der Waals surface area (Å²) in [6.45, 7) is 11.9. The molecule has 0 heterocycles. The standard InChI is InChI=1S/C28H41NO3/c1-18-7-5-6-8-22(18)26(32)29-16-23-24-10-9-19(2)27(24,3)14-12-25(23)28(4)13-11-21(31)15-20(28)17-30/h5-8,20-21,23-25,30-31H,2,9-17H2,1,3-4H3,(H,29,32)/t20-,21+,23+,24+,25+,27-,28+/m1/s1. The summed E-state index contributed by atoms with van der Waals surface area (Å²) in [5.41, 5.74) is 3.25. The summed E-state index contributed by atoms with van der Waals surface area (Å²) in [6.07, 6.45) is 6.57. The lowest BCUT2D eigenvalue weighted by atomic mass is 9.49. The number of hydrogen-bond acceptors (Lipinski definition) is 3. The minimum absolute atomic E-state index is 0.00822. The Hall–Kier alpha value is -1.65. The van der Waals surface area contributed by atoms with Gasteiger partial charge in [0, 0.05) is 18.7 Å². The zero-order valence-electron chi connectivity index (χ0n) is 20.1. The van der Waals surface area contributed by atoms with E-state index in [4.69, 9.17) is 0 Å². The van der Waals surface area contributed by atoms with Crippen molar-refractivity contribution in [1.29, 1.82) is 0 Å². The molecule has 3 aliphatic carbocycles. The van der Waals surface area contributed by atoms with Gasteiger partial charge in [0.2, 0.25) is 0 Å². The fraction of sp³-hybridized carbons (Fsp3) is 0.679. The van der Waals surface area contributed by atoms with Crippen LogP contribution in [0.2, 0.25) is 0 Å². The first-order valence-electron chi connectivity index (χ1n) is 12.5. The van der Waals surface area contributed by atoms with Gasteiger partial charge in [0.05, 0.1) is 6.10 Å². The quantitative estimate of drug-likeness (QED) is 0.573. The molecule has 1 aromatic carbocycles. The van der Waals surface area contributed by atoms with Gasteiger partial charge in [-0.1, -0.05) is 44.2 Å². The van der Waals surface area contributed by atoms with E-state index < -0.39 is 0 Å². The van der Waals surface area contributed by atoms with E-state index in [-0.39, 0.29) is 35.4 Å². The van der Waals surface area contributed by atoms with Crippen molar-refractivity contribution < 1.29 is 15.0 Å². The molecule has 3 fully saturated rings. The minimum Gasteiger partial charge on any atom is -0.396 e. The third-order valence-corrected chi connectivity index (χ3v) is 9.85. The monoisotopic (exact) mass is 439 g/mol. The molecule has 0 radical (unpaired) electrons. The molecule has 1 aromatic rings. The minimum atomic E-state index is -0.306. The maximum atomic E-state index is 13.1. The van der Waals surface area contributed by atoms with Gasteiger partial charge in [0.25, 0.3) is 5.91 Å². The number of nitrogens with one attached hydrogen (secondary N) is 1. The largest absolute Gasteiger partial charge is 0.396 e. The maximum absolute atomic E-state index is 13.1. The van der Waals surface area contributed by atoms with Crippen molar-refractivity contribution in [1.82, 2.24) is 5.32 Å². The van der Waals surface area contributed by atoms with Crippen molar-refractivity contribution >= 4 is 5.91 Å². The Kier molecular flexibility index (Phi) is 6.57. The zero-order valence-corrected chi connectivity index (χ0v) is 20.1. The number of aliphatic hydroxyl groups excluding tert-OH is 2. The Labute approximate surface area is 193 Å². The third-order valence-electron chi connectivity index (χ3n) is 9.85. The van der Waals surface area contributed by atoms with Gasteiger partial charge >= 0.3 is 0 Å². The number of amides is 1. The van der Waals surface area contributed by atoms with Gasteiger partial charge < -0.3 is 15.5 Å². The maximum Gasteiger partial charge on any atom is 0.251 e. The van der Waals surface area contributed by atoms with E-state index >= 15 is 0 Å². The Morgan fingerprint density at radius 3 is 2.62 bits per heavy atom. The van der Waals surface area contributed by atoms with Crippen molar-refractivity contribution in [2.24, 2.45) is 34.5 Å². The van der Waals surface area contributed by atoms with E-state index in [1.54, 1.807) is 0 Å². The zero-order chi connectivity index (χ0) is 23.1. The molecule has 0 bridgehead atoms. The molecule has 4 heteroatoms. The second-order valence-electron chi connectivity index (χ2n) is 11.3. The summed E-state index contributed by atoms with van der Waals surface area (Å²) in [7, 11) is 0. The molecule has 7 atom stereocenters. The first-order chi connectivity index (χ1) is 15.2. The number of carbonyl (C=O) groups excluding carboxylic acids is 1. The molecule has 3 saturated carbocycles. The third kappa shape index (κ3) is 3.94. The fourth-order valence-electron chi connectivity index (χ4n) is 7.60. The lowest BCUT2D eigenvalue weighted by Crippen LogP contribution is -2.53. The highest BCUT2D eigenvalue weighted by atomic mass is 16.3. The van der Waals surface area contributed by atoms with Crippen LogP contribution in [0.15, 0.2) is 36.4 Å². The molecular formula is C28H41NO3. The predicted octanol–water partition coefficient (Wildman–Crippen LogP) is 4.88. The smallest absolute Gasteiger partial charge is 0.251 e. The molecule has 3 aliphatic rings. The molecule has 3 N–H and O–H groups in total. The van der Waals surface area contributed by atoms with Gasteiger partial charge in [0.1, 0.15) is 0 Å². The van der Waals surface area contributed by atoms with Crippen LogP contribution in [0.1, 0.15) is 74.7 Å². The number of carbonyl (C=O) groups is 1. The molecule has 32 heavy (non-hydrogen) atoms. The summed E-state index contributed by atoms with van der Waals surface area (Å²) in [6, 6.07) is 7.77. The molecule has 0 aromatic heterocycles. The van der Waals surface area contributed by atoms with Gasteiger partial charge in [0.15, 0.2) is 0 Å². The summed E-state index contributed by atoms with van der Waals surface area (Å²) in [4.78, 5) is 13.1. The molecule has 176 valence electrons. The van der Waals surface area contributed by atoms with Crippen molar-refractivity contribution in [2.75, 3.05) is 13.2 Å². The van der Waals surface area contributed by atoms with Crippen molar-refractivity contribution in [3.63, 3.8) is 0 Å². The summed E-state index contributed by atoms with van der Waals surface area (Å²) in [5, 5.41) is 23.8. The van der Waals surface area contributed by atoms with E-state index in [2.05, 4.69) is 25.7 Å². The van der Waals surface area contributed by atoms with Crippen LogP contribution in [-0.2, 0) is 0 Å². The first-order valence-corrected chi connectivity index (χ1v) is 12.5. The van der Waals surface area contributed by atoms with Gasteiger partial charge in [-0.15, -0.1) is 0 Å². The number of benzene rings is 1. The van der Waals surface area contributed by atoms with Crippen LogP contribution in [0, 0.1) is 41.4 Å². The summed E-state index contributed by atoms with van der Waals surface area (Å²) >= 11 is 0. The summed E-state index contributed by atoms with van der Waals surface area (Å²) < 4.78 is 0. The Morgan fingerprint density at radius 2 is 1.91 bits per heavy atom. The normalized spacial score (nSPS) is 39.5. The molecular weight excluding hydrogens is 398 g/mol. The molecule has 1 amide bonds. The van der Waals surface area contributed by atoms with Crippen molar-refractivity contribution in [2.45, 2.75) is 71.8 Å². The Morgan fingerprint density at radius 1 is 1.16 bits per heavy atom. The van der Waals surface area contributed by atoms with E-state index in [1.165, 1.54) is 5.57 Å². The average Bonchev–Trinajstić information content (AvgIpc) is 3.08. The van der Waals surface area contributed by atoms with E-state index in [9.17, 15) is 15.0 Å². The highest BCUT2D eigenvalue weighted by molar-refractivity contribution is 5.95. The van der Waals surface area contributed by atoms with Crippen LogP contribution >= 0.6 is 0 Å². The fourth-order valence-corrected chi connectivity index (χ4v) is 7.60. The van der Waals surface area contributed by atoms with Gasteiger partial charge in [-0.3, -0.25) is 4.79 Å². The van der Waals surface area contributed by atoms with Crippen LogP contribution in [0.4, 0.5) is 0 Å². The van der Waals surface area contributed by atoms with Crippen molar-refractivity contribution in [3.05, 3.63) is 47.5 Å². The lowest BCUT2D eigenvalue weighted by Gasteiger charge is -2.56. The van der Waals surface area contributed by atoms with Crippen molar-refractivity contribution in [3.8, 4) is 0 Å². The lowest BCUT2D eigenvalue weighted by molar-refractivity contribution is -0.0928. The topological polar surface area (TPSA) is 69.6 Å². The molecule has 0 unspecified atom stereocenters. The highest BCUT2D eigenvalue weighted by Crippen LogP contribution is 2.63. The van der Waals surface area contributed by atoms with Crippen LogP contribution < -0.4 is 5.32 Å². The second-order valence-corrected chi connectivity index (χ2v) is 11.3. The number of allylic oxidation sites excluding steroid dienone is 1. The molecule has 0 aliphatic heterocycles. The Balaban J connectivity index is 1.61. The average molecular weight is 440 g/mol. The van der Waals surface area contributed by atoms with Crippen LogP contribution in [0.3, 0.4) is 0 Å². The number of fused-ring (bicyclic) bond motifs is 1. The SMILES string of the molecule is C=C1CC[C@H]2[C@H](CNC(=O)c3ccccc3C)[C@@H]([C@@]3(C)CC[C@H](O)C[C@@H]3CO)CC[C@]12C. The van der Waals surface area contributed by atoms with E-state index in [1.807, 2.05) is 31.2 Å². The molecule has 0 saturated heterocycles. The number of aliphatic hydroxyl groups is 2. The van der Waals surface area contributed by atoms with E-state index in [0.29, 0.717) is 30.7 Å². The Bertz CT molecular complexity index is 866. The predicted molar refractivity (Wildman–Crippen MR) is 128 cm³/mol. The van der Waals surface area contributed by atoms with Crippen LogP contribution in [0.5, 0.6) is 0 Å². The molecule has 4 nitrogen and oxygen atoms in total. The van der Waals surface area contributed by atoms with Crippen LogP contribution in [-0.4, -0.2) is 35.4 Å². The highest BCUT2D eigenvalue weighted by Gasteiger charge is 2.56. The molecule has 0 spiro atoms. The van der Waals surface area contributed by atoms with Gasteiger partial charge in [-0.2, -0.15) is 0 Å². The van der Waals surface area contributed by atoms with E-state index in [0.717, 1.165) is 49.7 Å². The number of rotatable bonds is 5. The summed E-state index contributed by atoms with van der Waals surface area (Å²) in [5.74, 6) is 1.41. The van der Waals surface area contributed by atoms with Crippen LogP contribution in [0.25, 0.3) is 0 Å². The first kappa shape index (κ1) is 23.5. The van der Waals surface area contributed by atoms with Gasteiger partial charge in [-0.05, 0) is 98.0 Å². The second kappa shape index (κ2) is 8.95. The van der Waals surface area contributed by atoms with Gasteiger partial charge in [-0.25, -0.2) is 0 Å². The molecule has 4 rings (SSSR count). The number of aryl methyl sites for hydroxylation is 1. The number of hydrogen-bond donors (Lipinski definition) is 3.